The molecule has 1 aromatic heterocycles. The molecule has 0 bridgehead atoms. The van der Waals surface area contributed by atoms with E-state index in [0.29, 0.717) is 0 Å². The molecule has 1 aliphatic heterocycles. The lowest BCUT2D eigenvalue weighted by molar-refractivity contribution is 0.487. The fraction of sp³-hybridized carbons (Fsp3) is 0. The minimum Gasteiger partial charge on any atom is -0.456 e. The summed E-state index contributed by atoms with van der Waals surface area (Å²) in [5, 5.41) is 7.01. The van der Waals surface area contributed by atoms with Crippen molar-refractivity contribution in [2.24, 2.45) is 0 Å². The molecule has 2 nitrogen and oxygen atoms in total. The summed E-state index contributed by atoms with van der Waals surface area (Å²) in [5.74, 6) is 1.80. The average Bonchev–Trinajstić information content (AvgIpc) is 3.48. The fourth-order valence-electron chi connectivity index (χ4n) is 7.40. The zero-order valence-corrected chi connectivity index (χ0v) is 24.8. The standard InChI is InChI=1S/C44H26O2/c1-2-12-28-26-42-38(24-27(28)11-1)44-36(19-10-22-41(44)46-42)34-17-6-5-16-33(34)32-15-4-3-14-31(32)30-23-29-13-9-21-40-43(29)37(25-30)35-18-7-8-20-39(35)45-40/h1-26H. The molecule has 0 amide bonds. The molecule has 0 spiro atoms. The first kappa shape index (κ1) is 25.2. The highest BCUT2D eigenvalue weighted by atomic mass is 16.5. The van der Waals surface area contributed by atoms with Gasteiger partial charge in [0.25, 0.3) is 0 Å². The van der Waals surface area contributed by atoms with Crippen molar-refractivity contribution in [1.29, 1.82) is 0 Å². The van der Waals surface area contributed by atoms with Crippen molar-refractivity contribution >= 4 is 43.5 Å². The number of benzene rings is 8. The van der Waals surface area contributed by atoms with Crippen LogP contribution in [0.4, 0.5) is 0 Å². The quantitative estimate of drug-likeness (QED) is 0.205. The van der Waals surface area contributed by atoms with Crippen molar-refractivity contribution in [2.45, 2.75) is 0 Å². The van der Waals surface area contributed by atoms with Gasteiger partial charge in [-0.1, -0.05) is 115 Å². The SMILES string of the molecule is c1ccc2c(c1)Oc1cccc3cc(-c4ccccc4-c4ccccc4-c4cccc5oc6cc7ccccc7cc6c45)cc-2c13. The predicted molar refractivity (Wildman–Crippen MR) is 191 cm³/mol. The second-order valence-corrected chi connectivity index (χ2v) is 12.0. The minimum atomic E-state index is 0.895. The molecule has 0 saturated carbocycles. The van der Waals surface area contributed by atoms with Crippen LogP contribution in [0.15, 0.2) is 162 Å². The lowest BCUT2D eigenvalue weighted by Gasteiger charge is -2.23. The average molecular weight is 587 g/mol. The van der Waals surface area contributed by atoms with Crippen LogP contribution in [0.3, 0.4) is 0 Å². The monoisotopic (exact) mass is 586 g/mol. The molecule has 2 heteroatoms. The predicted octanol–water partition coefficient (Wildman–Crippen LogP) is 12.7. The number of hydrogen-bond donors (Lipinski definition) is 0. The molecular formula is C44H26O2. The summed E-state index contributed by atoms with van der Waals surface area (Å²) in [6.07, 6.45) is 0. The van der Waals surface area contributed by atoms with E-state index < -0.39 is 0 Å². The third kappa shape index (κ3) is 3.71. The molecule has 1 aliphatic rings. The molecule has 214 valence electrons. The van der Waals surface area contributed by atoms with E-state index in [9.17, 15) is 0 Å². The zero-order valence-electron chi connectivity index (χ0n) is 24.8. The van der Waals surface area contributed by atoms with Crippen molar-refractivity contribution in [2.75, 3.05) is 0 Å². The van der Waals surface area contributed by atoms with Gasteiger partial charge in [-0.15, -0.1) is 0 Å². The van der Waals surface area contributed by atoms with Gasteiger partial charge in [-0.05, 0) is 97.6 Å². The second kappa shape index (κ2) is 9.69. The van der Waals surface area contributed by atoms with Crippen molar-refractivity contribution in [3.63, 3.8) is 0 Å². The van der Waals surface area contributed by atoms with Gasteiger partial charge in [0.15, 0.2) is 0 Å². The number of ether oxygens (including phenoxy) is 1. The van der Waals surface area contributed by atoms with E-state index in [1.165, 1.54) is 55.1 Å². The highest BCUT2D eigenvalue weighted by molar-refractivity contribution is 6.17. The first-order chi connectivity index (χ1) is 22.8. The molecule has 10 rings (SSSR count). The molecule has 9 aromatic rings. The van der Waals surface area contributed by atoms with Crippen molar-refractivity contribution in [3.8, 4) is 56.0 Å². The van der Waals surface area contributed by atoms with Gasteiger partial charge in [0.2, 0.25) is 0 Å². The lowest BCUT2D eigenvalue weighted by Crippen LogP contribution is -1.97. The summed E-state index contributed by atoms with van der Waals surface area (Å²) in [6, 6.07) is 56.2. The molecule has 8 aromatic carbocycles. The van der Waals surface area contributed by atoms with Crippen molar-refractivity contribution in [3.05, 3.63) is 158 Å². The molecule has 0 radical (unpaired) electrons. The Morgan fingerprint density at radius 3 is 1.74 bits per heavy atom. The van der Waals surface area contributed by atoms with Crippen LogP contribution in [0.25, 0.3) is 88.0 Å². The highest BCUT2D eigenvalue weighted by Crippen LogP contribution is 2.49. The highest BCUT2D eigenvalue weighted by Gasteiger charge is 2.22. The normalized spacial score (nSPS) is 12.1. The first-order valence-corrected chi connectivity index (χ1v) is 15.7. The van der Waals surface area contributed by atoms with E-state index in [2.05, 4.69) is 152 Å². The van der Waals surface area contributed by atoms with E-state index in [-0.39, 0.29) is 0 Å². The van der Waals surface area contributed by atoms with Crippen LogP contribution in [0, 0.1) is 0 Å². The topological polar surface area (TPSA) is 22.4 Å². The van der Waals surface area contributed by atoms with Crippen LogP contribution in [0.2, 0.25) is 0 Å². The number of furan rings is 1. The fourth-order valence-corrected chi connectivity index (χ4v) is 7.40. The van der Waals surface area contributed by atoms with E-state index in [1.807, 2.05) is 6.07 Å². The maximum absolute atomic E-state index is 6.46. The molecule has 0 atom stereocenters. The van der Waals surface area contributed by atoms with Gasteiger partial charge in [0, 0.05) is 21.7 Å². The zero-order chi connectivity index (χ0) is 30.2. The van der Waals surface area contributed by atoms with E-state index >= 15 is 0 Å². The number of para-hydroxylation sites is 1. The summed E-state index contributed by atoms with van der Waals surface area (Å²) < 4.78 is 12.8. The largest absolute Gasteiger partial charge is 0.456 e. The Morgan fingerprint density at radius 2 is 0.913 bits per heavy atom. The van der Waals surface area contributed by atoms with E-state index in [1.54, 1.807) is 0 Å². The molecule has 0 fully saturated rings. The lowest BCUT2D eigenvalue weighted by atomic mass is 9.86. The third-order valence-corrected chi connectivity index (χ3v) is 9.44. The van der Waals surface area contributed by atoms with Crippen LogP contribution in [0.5, 0.6) is 11.5 Å². The summed E-state index contributed by atoms with van der Waals surface area (Å²) in [5.41, 5.74) is 11.2. The summed E-state index contributed by atoms with van der Waals surface area (Å²) in [7, 11) is 0. The smallest absolute Gasteiger partial charge is 0.136 e. The number of rotatable bonds is 3. The second-order valence-electron chi connectivity index (χ2n) is 12.0. The van der Waals surface area contributed by atoms with Gasteiger partial charge in [0.05, 0.1) is 0 Å². The van der Waals surface area contributed by atoms with E-state index in [0.717, 1.165) is 44.4 Å². The van der Waals surface area contributed by atoms with Crippen LogP contribution in [0.1, 0.15) is 0 Å². The molecule has 0 aliphatic carbocycles. The summed E-state index contributed by atoms with van der Waals surface area (Å²) in [6.45, 7) is 0. The summed E-state index contributed by atoms with van der Waals surface area (Å²) in [4.78, 5) is 0. The van der Waals surface area contributed by atoms with E-state index in [4.69, 9.17) is 9.15 Å². The third-order valence-electron chi connectivity index (χ3n) is 9.44. The Kier molecular flexibility index (Phi) is 5.31. The molecule has 0 unspecified atom stereocenters. The Labute approximate surface area is 265 Å². The summed E-state index contributed by atoms with van der Waals surface area (Å²) >= 11 is 0. The number of hydrogen-bond acceptors (Lipinski definition) is 2. The van der Waals surface area contributed by atoms with Gasteiger partial charge in [-0.25, -0.2) is 0 Å². The molecule has 0 saturated heterocycles. The van der Waals surface area contributed by atoms with Gasteiger partial charge < -0.3 is 9.15 Å². The Morgan fingerprint density at radius 1 is 0.326 bits per heavy atom. The van der Waals surface area contributed by atoms with Gasteiger partial charge >= 0.3 is 0 Å². The molecule has 46 heavy (non-hydrogen) atoms. The maximum atomic E-state index is 6.46. The Hall–Kier alpha value is -6.12. The number of fused-ring (bicyclic) bond motifs is 6. The minimum absolute atomic E-state index is 0.895. The molecule has 0 N–H and O–H groups in total. The first-order valence-electron chi connectivity index (χ1n) is 15.7. The van der Waals surface area contributed by atoms with Crippen LogP contribution < -0.4 is 4.74 Å². The Balaban J connectivity index is 1.21. The van der Waals surface area contributed by atoms with Crippen molar-refractivity contribution in [1.82, 2.24) is 0 Å². The van der Waals surface area contributed by atoms with Gasteiger partial charge in [0.1, 0.15) is 22.7 Å². The van der Waals surface area contributed by atoms with Crippen LogP contribution >= 0.6 is 0 Å². The molecular weight excluding hydrogens is 560 g/mol. The van der Waals surface area contributed by atoms with Crippen LogP contribution in [-0.2, 0) is 0 Å². The maximum Gasteiger partial charge on any atom is 0.136 e. The van der Waals surface area contributed by atoms with Gasteiger partial charge in [-0.2, -0.15) is 0 Å². The van der Waals surface area contributed by atoms with Gasteiger partial charge in [-0.3, -0.25) is 0 Å². The van der Waals surface area contributed by atoms with Crippen LogP contribution in [-0.4, -0.2) is 0 Å². The Bertz CT molecular complexity index is 2680. The molecule has 2 heterocycles. The van der Waals surface area contributed by atoms with Crippen molar-refractivity contribution < 1.29 is 9.15 Å².